The van der Waals surface area contributed by atoms with Gasteiger partial charge >= 0.3 is 5.97 Å². The van der Waals surface area contributed by atoms with Crippen molar-refractivity contribution >= 4 is 18.6 Å². The largest absolute Gasteiger partial charge is 0.466 e. The van der Waals surface area contributed by atoms with E-state index in [0.717, 1.165) is 12.2 Å². The Hall–Kier alpha value is -0.180. The van der Waals surface area contributed by atoms with E-state index in [0.29, 0.717) is 6.61 Å². The molecule has 0 fully saturated rings. The van der Waals surface area contributed by atoms with Gasteiger partial charge in [0.1, 0.15) is 0 Å². The molecule has 0 saturated heterocycles. The Kier molecular flexibility index (Phi) is 4.85. The van der Waals surface area contributed by atoms with Gasteiger partial charge in [-0.2, -0.15) is 12.6 Å². The van der Waals surface area contributed by atoms with E-state index in [4.69, 9.17) is 0 Å². The minimum atomic E-state index is -0.216. The Bertz CT molecular complexity index is 72.8. The third-order valence-electron chi connectivity index (χ3n) is 0.608. The second-order valence-corrected chi connectivity index (χ2v) is 1.86. The minimum absolute atomic E-state index is 0.216. The highest BCUT2D eigenvalue weighted by Crippen LogP contribution is 1.84. The summed E-state index contributed by atoms with van der Waals surface area (Å²) in [5.41, 5.74) is 0. The van der Waals surface area contributed by atoms with Crippen LogP contribution < -0.4 is 0 Å². The lowest BCUT2D eigenvalue weighted by Crippen LogP contribution is -2.00. The van der Waals surface area contributed by atoms with E-state index in [9.17, 15) is 4.79 Å². The van der Waals surface area contributed by atoms with Gasteiger partial charge < -0.3 is 4.74 Å². The van der Waals surface area contributed by atoms with Gasteiger partial charge in [0.05, 0.1) is 6.61 Å². The Morgan fingerprint density at radius 1 is 1.75 bits per heavy atom. The van der Waals surface area contributed by atoms with E-state index in [1.807, 2.05) is 0 Å². The molecule has 8 heavy (non-hydrogen) atoms. The maximum atomic E-state index is 10.1. The number of carbonyl (C=O) groups is 1. The highest BCUT2D eigenvalue weighted by Gasteiger charge is 1.88. The van der Waals surface area contributed by atoms with E-state index in [1.165, 1.54) is 6.92 Å². The molecule has 0 amide bonds. The van der Waals surface area contributed by atoms with Gasteiger partial charge in [0.2, 0.25) is 0 Å². The van der Waals surface area contributed by atoms with Crippen LogP contribution in [0.2, 0.25) is 0 Å². The highest BCUT2D eigenvalue weighted by molar-refractivity contribution is 7.80. The van der Waals surface area contributed by atoms with E-state index < -0.39 is 0 Å². The molecule has 0 heterocycles. The standard InChI is InChI=1S/C5H10O2S/c1-5(6)7-3-2-4-8/h8H,2-4H2,1H3. The summed E-state index contributed by atoms with van der Waals surface area (Å²) < 4.78 is 4.59. The molecule has 0 saturated carbocycles. The molecule has 0 aliphatic heterocycles. The highest BCUT2D eigenvalue weighted by atomic mass is 32.1. The van der Waals surface area contributed by atoms with Gasteiger partial charge in [-0.05, 0) is 12.2 Å². The molecule has 0 spiro atoms. The third-order valence-corrected chi connectivity index (χ3v) is 0.924. The smallest absolute Gasteiger partial charge is 0.302 e. The van der Waals surface area contributed by atoms with Gasteiger partial charge in [0.25, 0.3) is 0 Å². The Labute approximate surface area is 54.6 Å². The van der Waals surface area contributed by atoms with Gasteiger partial charge in [0, 0.05) is 6.92 Å². The number of carbonyl (C=O) groups excluding carboxylic acids is 1. The predicted octanol–water partition coefficient (Wildman–Crippen LogP) is 0.869. The summed E-state index contributed by atoms with van der Waals surface area (Å²) in [6.45, 7) is 1.90. The van der Waals surface area contributed by atoms with Gasteiger partial charge in [-0.1, -0.05) is 0 Å². The molecule has 0 aliphatic rings. The van der Waals surface area contributed by atoms with Crippen molar-refractivity contribution < 1.29 is 9.53 Å². The number of hydrogen-bond acceptors (Lipinski definition) is 3. The normalized spacial score (nSPS) is 8.75. The van der Waals surface area contributed by atoms with Crippen LogP contribution in [0, 0.1) is 0 Å². The van der Waals surface area contributed by atoms with Crippen molar-refractivity contribution in [2.45, 2.75) is 13.3 Å². The van der Waals surface area contributed by atoms with Crippen molar-refractivity contribution in [3.8, 4) is 0 Å². The number of rotatable bonds is 3. The molecule has 0 rings (SSSR count). The van der Waals surface area contributed by atoms with Crippen LogP contribution in [0.25, 0.3) is 0 Å². The monoisotopic (exact) mass is 134 g/mol. The first-order chi connectivity index (χ1) is 3.77. The van der Waals surface area contributed by atoms with Crippen LogP contribution in [0.1, 0.15) is 13.3 Å². The second kappa shape index (κ2) is 4.97. The second-order valence-electron chi connectivity index (χ2n) is 1.42. The molecular weight excluding hydrogens is 124 g/mol. The fourth-order valence-electron chi connectivity index (χ4n) is 0.280. The van der Waals surface area contributed by atoms with E-state index in [2.05, 4.69) is 17.4 Å². The van der Waals surface area contributed by atoms with Crippen LogP contribution in [-0.4, -0.2) is 18.3 Å². The number of esters is 1. The lowest BCUT2D eigenvalue weighted by molar-refractivity contribution is -0.140. The Balaban J connectivity index is 2.82. The molecule has 3 heteroatoms. The molecule has 0 aromatic heterocycles. The molecule has 0 aromatic carbocycles. The van der Waals surface area contributed by atoms with Gasteiger partial charge in [0.15, 0.2) is 0 Å². The molecule has 0 aliphatic carbocycles. The van der Waals surface area contributed by atoms with Crippen LogP contribution >= 0.6 is 12.6 Å². The van der Waals surface area contributed by atoms with E-state index in [-0.39, 0.29) is 5.97 Å². The summed E-state index contributed by atoms with van der Waals surface area (Å²) in [4.78, 5) is 10.1. The minimum Gasteiger partial charge on any atom is -0.466 e. The van der Waals surface area contributed by atoms with Crippen molar-refractivity contribution in [1.29, 1.82) is 0 Å². The fraction of sp³-hybridized carbons (Fsp3) is 0.800. The predicted molar refractivity (Wildman–Crippen MR) is 35.1 cm³/mol. The third kappa shape index (κ3) is 5.82. The SMILES string of the molecule is CC(=O)OCCCS. The zero-order valence-electron chi connectivity index (χ0n) is 4.89. The summed E-state index contributed by atoms with van der Waals surface area (Å²) >= 11 is 3.93. The van der Waals surface area contributed by atoms with Crippen LogP contribution in [0.4, 0.5) is 0 Å². The maximum Gasteiger partial charge on any atom is 0.302 e. The van der Waals surface area contributed by atoms with E-state index in [1.54, 1.807) is 0 Å². The Morgan fingerprint density at radius 3 is 2.75 bits per heavy atom. The maximum absolute atomic E-state index is 10.1. The summed E-state index contributed by atoms with van der Waals surface area (Å²) in [6.07, 6.45) is 0.836. The van der Waals surface area contributed by atoms with Crippen LogP contribution in [0.5, 0.6) is 0 Å². The summed E-state index contributed by atoms with van der Waals surface area (Å²) in [5, 5.41) is 0. The first-order valence-electron chi connectivity index (χ1n) is 2.51. The number of thiol groups is 1. The Morgan fingerprint density at radius 2 is 2.38 bits per heavy atom. The molecule has 0 N–H and O–H groups in total. The zero-order chi connectivity index (χ0) is 6.41. The molecule has 2 nitrogen and oxygen atoms in total. The molecule has 0 bridgehead atoms. The average Bonchev–Trinajstić information content (AvgIpc) is 1.66. The first-order valence-corrected chi connectivity index (χ1v) is 3.15. The van der Waals surface area contributed by atoms with Crippen molar-refractivity contribution in [2.75, 3.05) is 12.4 Å². The zero-order valence-corrected chi connectivity index (χ0v) is 5.78. The van der Waals surface area contributed by atoms with Crippen molar-refractivity contribution in [2.24, 2.45) is 0 Å². The number of ether oxygens (including phenoxy) is 1. The lowest BCUT2D eigenvalue weighted by atomic mass is 10.5. The van der Waals surface area contributed by atoms with Gasteiger partial charge in [-0.3, -0.25) is 4.79 Å². The van der Waals surface area contributed by atoms with Gasteiger partial charge in [-0.25, -0.2) is 0 Å². The van der Waals surface area contributed by atoms with Crippen molar-refractivity contribution in [3.05, 3.63) is 0 Å². The van der Waals surface area contributed by atoms with Crippen LogP contribution in [0.3, 0.4) is 0 Å². The van der Waals surface area contributed by atoms with Crippen LogP contribution in [0.15, 0.2) is 0 Å². The molecule has 0 aromatic rings. The summed E-state index contributed by atoms with van der Waals surface area (Å²) in [5.74, 6) is 0.555. The molecule has 48 valence electrons. The van der Waals surface area contributed by atoms with Crippen LogP contribution in [-0.2, 0) is 9.53 Å². The quantitative estimate of drug-likeness (QED) is 0.352. The lowest BCUT2D eigenvalue weighted by Gasteiger charge is -1.96. The summed E-state index contributed by atoms with van der Waals surface area (Å²) in [7, 11) is 0. The fourth-order valence-corrected chi connectivity index (χ4v) is 0.410. The first kappa shape index (κ1) is 7.82. The molecule has 0 radical (unpaired) electrons. The molecular formula is C5H10O2S. The molecule has 0 atom stereocenters. The summed E-state index contributed by atoms with van der Waals surface area (Å²) in [6, 6.07) is 0. The van der Waals surface area contributed by atoms with E-state index >= 15 is 0 Å². The average molecular weight is 134 g/mol. The van der Waals surface area contributed by atoms with Crippen molar-refractivity contribution in [1.82, 2.24) is 0 Å². The molecule has 0 unspecified atom stereocenters. The van der Waals surface area contributed by atoms with Gasteiger partial charge in [-0.15, -0.1) is 0 Å². The van der Waals surface area contributed by atoms with Crippen molar-refractivity contribution in [3.63, 3.8) is 0 Å². The topological polar surface area (TPSA) is 26.3 Å². The number of hydrogen-bond donors (Lipinski definition) is 1.